The predicted molar refractivity (Wildman–Crippen MR) is 105 cm³/mol. The van der Waals surface area contributed by atoms with E-state index in [-0.39, 0.29) is 4.90 Å². The molecule has 1 aliphatic heterocycles. The van der Waals surface area contributed by atoms with Gasteiger partial charge >= 0.3 is 0 Å². The molecule has 0 saturated carbocycles. The second-order valence-corrected chi connectivity index (χ2v) is 8.45. The molecule has 1 atom stereocenters. The van der Waals surface area contributed by atoms with Crippen LogP contribution in [-0.2, 0) is 9.84 Å². The Kier molecular flexibility index (Phi) is 4.35. The summed E-state index contributed by atoms with van der Waals surface area (Å²) in [5.74, 6) is 1.21. The van der Waals surface area contributed by atoms with E-state index in [1.54, 1.807) is 43.7 Å². The van der Waals surface area contributed by atoms with Crippen LogP contribution in [-0.4, -0.2) is 21.8 Å². The third kappa shape index (κ3) is 3.11. The van der Waals surface area contributed by atoms with Gasteiger partial charge in [-0.25, -0.2) is 13.4 Å². The Morgan fingerprint density at radius 1 is 1.07 bits per heavy atom. The molecule has 4 rings (SSSR count). The zero-order valence-corrected chi connectivity index (χ0v) is 16.2. The number of fused-ring (bicyclic) bond motifs is 1. The van der Waals surface area contributed by atoms with Crippen LogP contribution in [0.5, 0.6) is 5.75 Å². The van der Waals surface area contributed by atoms with Crippen molar-refractivity contribution < 1.29 is 17.6 Å². The summed E-state index contributed by atoms with van der Waals surface area (Å²) in [6, 6.07) is 15.9. The number of nitrogens with zero attached hydrogens (tertiary/aromatic N) is 2. The monoisotopic (exact) mass is 397 g/mol. The van der Waals surface area contributed by atoms with Crippen molar-refractivity contribution in [2.45, 2.75) is 11.1 Å². The van der Waals surface area contributed by atoms with Gasteiger partial charge in [0.05, 0.1) is 23.5 Å². The highest BCUT2D eigenvalue weighted by Gasteiger charge is 2.27. The van der Waals surface area contributed by atoms with Gasteiger partial charge in [0.2, 0.25) is 5.55 Å². The number of ether oxygens (including phenoxy) is 1. The zero-order valence-electron chi connectivity index (χ0n) is 15.4. The summed E-state index contributed by atoms with van der Waals surface area (Å²) in [5, 5.41) is 0.692. The average Bonchev–Trinajstić information content (AvgIpc) is 3.16. The van der Waals surface area contributed by atoms with Crippen LogP contribution in [0.1, 0.15) is 11.7 Å². The molecule has 2 aromatic carbocycles. The summed E-state index contributed by atoms with van der Waals surface area (Å²) < 4.78 is 34.2. The first-order valence-electron chi connectivity index (χ1n) is 8.53. The van der Waals surface area contributed by atoms with Crippen molar-refractivity contribution in [3.8, 4) is 5.75 Å². The lowest BCUT2D eigenvalue weighted by Crippen LogP contribution is -2.43. The molecule has 0 saturated heterocycles. The molecule has 28 heavy (non-hydrogen) atoms. The van der Waals surface area contributed by atoms with E-state index < -0.39 is 16.0 Å². The maximum absolute atomic E-state index is 11.8. The number of furan rings is 1. The van der Waals surface area contributed by atoms with Crippen LogP contribution in [0.25, 0.3) is 5.82 Å². The van der Waals surface area contributed by atoms with Gasteiger partial charge < -0.3 is 19.8 Å². The summed E-state index contributed by atoms with van der Waals surface area (Å²) in [5.41, 5.74) is 8.53. The number of anilines is 1. The lowest BCUT2D eigenvalue weighted by atomic mass is 10.1. The van der Waals surface area contributed by atoms with Gasteiger partial charge in [-0.1, -0.05) is 12.1 Å². The number of benzene rings is 2. The van der Waals surface area contributed by atoms with Crippen molar-refractivity contribution in [3.05, 3.63) is 77.2 Å². The molecule has 2 heterocycles. The minimum atomic E-state index is -3.29. The molecule has 2 N–H and O–H groups in total. The number of hydrogen-bond acceptors (Lipinski definition) is 7. The highest BCUT2D eigenvalue weighted by Crippen LogP contribution is 2.33. The quantitative estimate of drug-likeness (QED) is 0.717. The third-order valence-electron chi connectivity index (χ3n) is 4.62. The highest BCUT2D eigenvalue weighted by molar-refractivity contribution is 7.90. The first-order chi connectivity index (χ1) is 13.4. The Balaban J connectivity index is 1.85. The smallest absolute Gasteiger partial charge is 0.227 e. The maximum atomic E-state index is 11.8. The number of sulfone groups is 1. The third-order valence-corrected chi connectivity index (χ3v) is 5.75. The first-order valence-corrected chi connectivity index (χ1v) is 10.4. The molecule has 0 bridgehead atoms. The Morgan fingerprint density at radius 2 is 1.75 bits per heavy atom. The number of methoxy groups -OCH3 is 1. The van der Waals surface area contributed by atoms with E-state index in [1.807, 2.05) is 29.2 Å². The molecule has 0 fully saturated rings. The molecule has 144 valence electrons. The number of nitrogens with two attached hydrogens (primary N) is 1. The summed E-state index contributed by atoms with van der Waals surface area (Å²) in [4.78, 5) is 6.81. The van der Waals surface area contributed by atoms with Crippen LogP contribution < -0.4 is 26.1 Å². The van der Waals surface area contributed by atoms with Gasteiger partial charge in [0.1, 0.15) is 11.6 Å². The van der Waals surface area contributed by atoms with E-state index in [9.17, 15) is 8.42 Å². The van der Waals surface area contributed by atoms with Crippen LogP contribution in [0.2, 0.25) is 0 Å². The van der Waals surface area contributed by atoms with Gasteiger partial charge in [-0.2, -0.15) is 0 Å². The van der Waals surface area contributed by atoms with Crippen molar-refractivity contribution in [2.24, 2.45) is 10.7 Å². The lowest BCUT2D eigenvalue weighted by Gasteiger charge is -2.33. The molecule has 7 nitrogen and oxygen atoms in total. The van der Waals surface area contributed by atoms with Gasteiger partial charge in [0, 0.05) is 11.9 Å². The van der Waals surface area contributed by atoms with E-state index in [0.717, 1.165) is 17.0 Å². The molecular formula is C20H19N3O4S. The molecule has 0 radical (unpaired) electrons. The van der Waals surface area contributed by atoms with Crippen molar-refractivity contribution in [1.29, 1.82) is 0 Å². The van der Waals surface area contributed by atoms with Crippen LogP contribution in [0.4, 0.5) is 5.69 Å². The fourth-order valence-electron chi connectivity index (χ4n) is 3.16. The normalized spacial score (nSPS) is 16.4. The van der Waals surface area contributed by atoms with Crippen LogP contribution >= 0.6 is 0 Å². The molecule has 0 spiro atoms. The molecule has 1 aliphatic rings. The van der Waals surface area contributed by atoms with Crippen molar-refractivity contribution in [1.82, 2.24) is 0 Å². The Bertz CT molecular complexity index is 1230. The van der Waals surface area contributed by atoms with Crippen LogP contribution in [0, 0.1) is 0 Å². The first kappa shape index (κ1) is 18.1. The average molecular weight is 397 g/mol. The Morgan fingerprint density at radius 3 is 2.36 bits per heavy atom. The molecule has 0 aliphatic carbocycles. The van der Waals surface area contributed by atoms with E-state index in [0.29, 0.717) is 16.6 Å². The molecule has 8 heteroatoms. The Labute approximate surface area is 162 Å². The van der Waals surface area contributed by atoms with Gasteiger partial charge in [-0.3, -0.25) is 0 Å². The predicted octanol–water partition coefficient (Wildman–Crippen LogP) is 1.55. The fraction of sp³-hybridized carbons (Fsp3) is 0.150. The van der Waals surface area contributed by atoms with Crippen molar-refractivity contribution in [3.63, 3.8) is 0 Å². The molecule has 3 aromatic rings. The minimum Gasteiger partial charge on any atom is -0.497 e. The Hall–Kier alpha value is -3.26. The molecular weight excluding hydrogens is 378 g/mol. The van der Waals surface area contributed by atoms with Crippen molar-refractivity contribution in [2.75, 3.05) is 18.3 Å². The van der Waals surface area contributed by atoms with Gasteiger partial charge in [0.15, 0.2) is 16.0 Å². The van der Waals surface area contributed by atoms with E-state index in [1.165, 1.54) is 6.26 Å². The summed E-state index contributed by atoms with van der Waals surface area (Å²) in [6.45, 7) is 0. The van der Waals surface area contributed by atoms with Gasteiger partial charge in [-0.05, 0) is 48.0 Å². The maximum Gasteiger partial charge on any atom is 0.227 e. The van der Waals surface area contributed by atoms with Crippen molar-refractivity contribution >= 4 is 21.3 Å². The SMILES string of the molecule is COc1ccc(C2N=c3occc3=C(N)N2c2ccc(S(C)(=O)=O)cc2)cc1. The molecule has 1 aromatic heterocycles. The molecule has 0 amide bonds. The summed E-state index contributed by atoms with van der Waals surface area (Å²) in [7, 11) is -1.68. The van der Waals surface area contributed by atoms with E-state index >= 15 is 0 Å². The fourth-order valence-corrected chi connectivity index (χ4v) is 3.79. The van der Waals surface area contributed by atoms with E-state index in [4.69, 9.17) is 19.9 Å². The van der Waals surface area contributed by atoms with Crippen LogP contribution in [0.15, 0.2) is 75.2 Å². The second kappa shape index (κ2) is 6.72. The lowest BCUT2D eigenvalue weighted by molar-refractivity contribution is 0.414. The van der Waals surface area contributed by atoms with Gasteiger partial charge in [0.25, 0.3) is 0 Å². The highest BCUT2D eigenvalue weighted by atomic mass is 32.2. The largest absolute Gasteiger partial charge is 0.497 e. The topological polar surface area (TPSA) is 98.1 Å². The molecule has 1 unspecified atom stereocenters. The van der Waals surface area contributed by atoms with Gasteiger partial charge in [-0.15, -0.1) is 0 Å². The summed E-state index contributed by atoms with van der Waals surface area (Å²) >= 11 is 0. The number of rotatable bonds is 4. The second-order valence-electron chi connectivity index (χ2n) is 6.44. The minimum absolute atomic E-state index is 0.244. The summed E-state index contributed by atoms with van der Waals surface area (Å²) in [6.07, 6.45) is 2.26. The zero-order chi connectivity index (χ0) is 19.9. The number of hydrogen-bond donors (Lipinski definition) is 1. The van der Waals surface area contributed by atoms with Crippen LogP contribution in [0.3, 0.4) is 0 Å². The standard InChI is InChI=1S/C20H19N3O4S/c1-26-15-7-3-13(4-8-15)19-22-20-17(11-12-27-20)18(21)23(19)14-5-9-16(10-6-14)28(2,24)25/h3-12,19H,21H2,1-2H3. The van der Waals surface area contributed by atoms with E-state index in [2.05, 4.69) is 0 Å².